The largest absolute Gasteiger partial charge is 0.351 e. The highest BCUT2D eigenvalue weighted by molar-refractivity contribution is 9.10. The Hall–Kier alpha value is -2.96. The molecule has 160 valence electrons. The minimum atomic E-state index is -0.0746. The van der Waals surface area contributed by atoms with Gasteiger partial charge in [0.05, 0.1) is 11.7 Å². The lowest BCUT2D eigenvalue weighted by atomic mass is 10.00. The first-order chi connectivity index (χ1) is 15.5. The molecule has 2 aromatic heterocycles. The Kier molecular flexibility index (Phi) is 5.57. The van der Waals surface area contributed by atoms with Crippen molar-refractivity contribution in [3.8, 4) is 5.69 Å². The van der Waals surface area contributed by atoms with Crippen LogP contribution in [0.2, 0.25) is 0 Å². The van der Waals surface area contributed by atoms with E-state index in [-0.39, 0.29) is 12.1 Å². The van der Waals surface area contributed by atoms with Crippen LogP contribution in [0.5, 0.6) is 0 Å². The predicted octanol–water partition coefficient (Wildman–Crippen LogP) is 6.43. The van der Waals surface area contributed by atoms with Gasteiger partial charge < -0.3 is 14.8 Å². The fraction of sp³-hybridized carbons (Fsp3) is 0.154. The van der Waals surface area contributed by atoms with E-state index < -0.39 is 0 Å². The fourth-order valence-electron chi connectivity index (χ4n) is 4.28. The van der Waals surface area contributed by atoms with Crippen LogP contribution in [0, 0.1) is 13.8 Å². The Labute approximate surface area is 202 Å². The van der Waals surface area contributed by atoms with E-state index in [1.54, 1.807) is 0 Å². The van der Waals surface area contributed by atoms with Crippen molar-refractivity contribution < 1.29 is 0 Å². The van der Waals surface area contributed by atoms with Gasteiger partial charge in [0.1, 0.15) is 6.04 Å². The molecule has 2 atom stereocenters. The molecular weight excluding hydrogens is 480 g/mol. The maximum Gasteiger partial charge on any atom is 0.174 e. The Bertz CT molecular complexity index is 1270. The number of aryl methyl sites for hydroxylation is 2. The van der Waals surface area contributed by atoms with Gasteiger partial charge in [0.2, 0.25) is 0 Å². The normalized spacial score (nSPS) is 18.1. The first kappa shape index (κ1) is 20.9. The van der Waals surface area contributed by atoms with Crippen LogP contribution in [0.4, 0.5) is 5.69 Å². The molecule has 2 aromatic carbocycles. The summed E-state index contributed by atoms with van der Waals surface area (Å²) in [4.78, 5) is 6.89. The first-order valence-electron chi connectivity index (χ1n) is 10.5. The molecule has 1 saturated heterocycles. The van der Waals surface area contributed by atoms with E-state index >= 15 is 0 Å². The average Bonchev–Trinajstić information content (AvgIpc) is 3.41. The molecule has 1 aliphatic heterocycles. The molecule has 0 aliphatic carbocycles. The van der Waals surface area contributed by atoms with E-state index in [2.05, 4.69) is 116 Å². The van der Waals surface area contributed by atoms with Gasteiger partial charge in [-0.3, -0.25) is 4.98 Å². The zero-order valence-electron chi connectivity index (χ0n) is 17.9. The Morgan fingerprint density at radius 3 is 2.41 bits per heavy atom. The zero-order chi connectivity index (χ0) is 22.2. The van der Waals surface area contributed by atoms with Crippen LogP contribution >= 0.6 is 28.1 Å². The number of hydrogen-bond donors (Lipinski definition) is 1. The van der Waals surface area contributed by atoms with Gasteiger partial charge in [-0.2, -0.15) is 0 Å². The second-order valence-corrected chi connectivity index (χ2v) is 9.35. The van der Waals surface area contributed by atoms with Gasteiger partial charge in [-0.25, -0.2) is 0 Å². The summed E-state index contributed by atoms with van der Waals surface area (Å²) in [7, 11) is 0. The Balaban J connectivity index is 1.67. The van der Waals surface area contributed by atoms with Gasteiger partial charge in [0, 0.05) is 33.9 Å². The van der Waals surface area contributed by atoms with Gasteiger partial charge in [0.25, 0.3) is 0 Å². The smallest absolute Gasteiger partial charge is 0.174 e. The molecule has 4 nitrogen and oxygen atoms in total. The number of rotatable bonds is 4. The summed E-state index contributed by atoms with van der Waals surface area (Å²) < 4.78 is 3.29. The molecule has 0 radical (unpaired) electrons. The number of hydrogen-bond acceptors (Lipinski definition) is 2. The molecule has 6 heteroatoms. The molecular formula is C26H23BrN4S. The lowest BCUT2D eigenvalue weighted by Gasteiger charge is -2.29. The second-order valence-electron chi connectivity index (χ2n) is 8.04. The van der Waals surface area contributed by atoms with Crippen molar-refractivity contribution in [2.45, 2.75) is 25.9 Å². The van der Waals surface area contributed by atoms with Crippen LogP contribution in [-0.2, 0) is 0 Å². The summed E-state index contributed by atoms with van der Waals surface area (Å²) >= 11 is 9.42. The lowest BCUT2D eigenvalue weighted by molar-refractivity contribution is 0.549. The summed E-state index contributed by atoms with van der Waals surface area (Å²) in [5, 5.41) is 4.26. The number of thiocarbonyl (C=S) groups is 1. The molecule has 1 N–H and O–H groups in total. The van der Waals surface area contributed by atoms with Crippen molar-refractivity contribution in [3.63, 3.8) is 0 Å². The Morgan fingerprint density at radius 1 is 0.906 bits per heavy atom. The summed E-state index contributed by atoms with van der Waals surface area (Å²) in [5.74, 6) is 0. The topological polar surface area (TPSA) is 33.1 Å². The monoisotopic (exact) mass is 502 g/mol. The van der Waals surface area contributed by atoms with E-state index in [1.807, 2.05) is 18.3 Å². The number of nitrogens with zero attached hydrogens (tertiary/aromatic N) is 3. The maximum absolute atomic E-state index is 5.88. The van der Waals surface area contributed by atoms with Crippen LogP contribution in [-0.4, -0.2) is 14.7 Å². The summed E-state index contributed by atoms with van der Waals surface area (Å²) in [6.45, 7) is 4.27. The van der Waals surface area contributed by atoms with Crippen molar-refractivity contribution in [2.24, 2.45) is 0 Å². The number of nitrogens with one attached hydrogen (secondary N) is 1. The second kappa shape index (κ2) is 8.52. The highest BCUT2D eigenvalue weighted by Crippen LogP contribution is 2.42. The van der Waals surface area contributed by atoms with Gasteiger partial charge in [0.15, 0.2) is 5.11 Å². The third-order valence-corrected chi connectivity index (χ3v) is 6.90. The van der Waals surface area contributed by atoms with E-state index in [0.717, 1.165) is 27.2 Å². The summed E-state index contributed by atoms with van der Waals surface area (Å²) in [6.07, 6.45) is 3.94. The summed E-state index contributed by atoms with van der Waals surface area (Å²) in [5.41, 5.74) is 6.81. The minimum Gasteiger partial charge on any atom is -0.351 e. The van der Waals surface area contributed by atoms with Gasteiger partial charge >= 0.3 is 0 Å². The van der Waals surface area contributed by atoms with Gasteiger partial charge in [-0.1, -0.05) is 28.1 Å². The molecule has 1 fully saturated rings. The standard InChI is InChI=1S/C26H23BrN4S/c1-17-8-11-21(16-18(17)2)31-25(24(29-26(31)32)22-6-3-4-14-28-22)23-7-5-15-30(23)20-12-9-19(27)10-13-20/h3-16,24-25H,1-2H3,(H,29,32)/t24-,25-/m0/s1. The third kappa shape index (κ3) is 3.74. The highest BCUT2D eigenvalue weighted by atomic mass is 79.9. The maximum atomic E-state index is 5.88. The molecule has 0 amide bonds. The van der Waals surface area contributed by atoms with E-state index in [1.165, 1.54) is 11.1 Å². The number of pyridine rings is 1. The zero-order valence-corrected chi connectivity index (χ0v) is 20.3. The molecule has 3 heterocycles. The number of benzene rings is 2. The fourth-order valence-corrected chi connectivity index (χ4v) is 4.89. The van der Waals surface area contributed by atoms with E-state index in [0.29, 0.717) is 5.11 Å². The number of aromatic nitrogens is 2. The average molecular weight is 503 g/mol. The van der Waals surface area contributed by atoms with Crippen molar-refractivity contribution in [1.29, 1.82) is 0 Å². The van der Waals surface area contributed by atoms with Crippen LogP contribution in [0.3, 0.4) is 0 Å². The molecule has 1 aliphatic rings. The molecule has 0 unspecified atom stereocenters. The minimum absolute atomic E-state index is 0.0573. The first-order valence-corrected chi connectivity index (χ1v) is 11.7. The van der Waals surface area contributed by atoms with E-state index in [4.69, 9.17) is 12.2 Å². The predicted molar refractivity (Wildman–Crippen MR) is 137 cm³/mol. The SMILES string of the molecule is Cc1ccc(N2C(=S)N[C@@H](c3ccccn3)[C@@H]2c2cccn2-c2ccc(Br)cc2)cc1C. The molecule has 5 rings (SSSR count). The van der Waals surface area contributed by atoms with Crippen molar-refractivity contribution in [2.75, 3.05) is 4.90 Å². The van der Waals surface area contributed by atoms with E-state index in [9.17, 15) is 0 Å². The van der Waals surface area contributed by atoms with Crippen LogP contribution in [0.15, 0.2) is 89.7 Å². The van der Waals surface area contributed by atoms with Crippen molar-refractivity contribution in [1.82, 2.24) is 14.9 Å². The molecule has 0 saturated carbocycles. The van der Waals surface area contributed by atoms with Crippen LogP contribution < -0.4 is 10.2 Å². The molecule has 0 bridgehead atoms. The van der Waals surface area contributed by atoms with Crippen LogP contribution in [0.1, 0.15) is 34.6 Å². The van der Waals surface area contributed by atoms with Gasteiger partial charge in [-0.15, -0.1) is 0 Å². The highest BCUT2D eigenvalue weighted by Gasteiger charge is 2.42. The Morgan fingerprint density at radius 2 is 1.69 bits per heavy atom. The van der Waals surface area contributed by atoms with Crippen LogP contribution in [0.25, 0.3) is 5.69 Å². The quantitative estimate of drug-likeness (QED) is 0.326. The third-order valence-electron chi connectivity index (χ3n) is 6.05. The summed E-state index contributed by atoms with van der Waals surface area (Å²) in [6, 6.07) is 25.0. The molecule has 0 spiro atoms. The molecule has 4 aromatic rings. The number of anilines is 1. The van der Waals surface area contributed by atoms with Gasteiger partial charge in [-0.05, 0) is 97.9 Å². The van der Waals surface area contributed by atoms with Crippen molar-refractivity contribution >= 4 is 38.9 Å². The van der Waals surface area contributed by atoms with Crippen molar-refractivity contribution in [3.05, 3.63) is 112 Å². The lowest BCUT2D eigenvalue weighted by Crippen LogP contribution is -2.30. The molecule has 32 heavy (non-hydrogen) atoms. The number of halogens is 1.